The number of anilines is 1. The van der Waals surface area contributed by atoms with Crippen LogP contribution in [-0.2, 0) is 4.74 Å². The Morgan fingerprint density at radius 1 is 1.00 bits per heavy atom. The Kier molecular flexibility index (Phi) is 4.78. The van der Waals surface area contributed by atoms with Crippen LogP contribution in [0.3, 0.4) is 0 Å². The number of methoxy groups -OCH3 is 1. The van der Waals surface area contributed by atoms with Crippen molar-refractivity contribution in [2.24, 2.45) is 0 Å². The fourth-order valence-corrected chi connectivity index (χ4v) is 3.13. The molecule has 0 atom stereocenters. The van der Waals surface area contributed by atoms with Crippen molar-refractivity contribution in [1.29, 1.82) is 0 Å². The van der Waals surface area contributed by atoms with Gasteiger partial charge in [-0.3, -0.25) is 4.79 Å². The molecule has 29 heavy (non-hydrogen) atoms. The number of hydrogen-bond donors (Lipinski definition) is 1. The minimum absolute atomic E-state index is 0.203. The third kappa shape index (κ3) is 3.45. The second-order valence-electron chi connectivity index (χ2n) is 6.42. The molecule has 1 N–H and O–H groups in total. The van der Waals surface area contributed by atoms with Crippen molar-refractivity contribution in [3.63, 3.8) is 0 Å². The highest BCUT2D eigenvalue weighted by Crippen LogP contribution is 2.23. The molecule has 144 valence electrons. The molecular weight excluding hydrogens is 368 g/mol. The molecule has 0 saturated carbocycles. The highest BCUT2D eigenvalue weighted by atomic mass is 16.5. The van der Waals surface area contributed by atoms with Crippen molar-refractivity contribution >= 4 is 28.6 Å². The summed E-state index contributed by atoms with van der Waals surface area (Å²) in [5, 5.41) is 8.19. The van der Waals surface area contributed by atoms with Gasteiger partial charge < -0.3 is 10.1 Å². The van der Waals surface area contributed by atoms with Crippen LogP contribution in [0.1, 0.15) is 26.4 Å². The van der Waals surface area contributed by atoms with E-state index in [0.717, 1.165) is 16.8 Å². The van der Waals surface area contributed by atoms with E-state index in [1.807, 2.05) is 43.3 Å². The molecule has 0 spiro atoms. The van der Waals surface area contributed by atoms with Crippen LogP contribution in [0.25, 0.3) is 16.7 Å². The van der Waals surface area contributed by atoms with Gasteiger partial charge in [-0.1, -0.05) is 30.3 Å². The first-order valence-electron chi connectivity index (χ1n) is 8.98. The summed E-state index contributed by atoms with van der Waals surface area (Å²) in [6.07, 6.45) is 1.57. The number of carbonyl (C=O) groups excluding carboxylic acids is 2. The molecule has 0 saturated heterocycles. The first-order valence-corrected chi connectivity index (χ1v) is 8.98. The summed E-state index contributed by atoms with van der Waals surface area (Å²) < 4.78 is 6.52. The quantitative estimate of drug-likeness (QED) is 0.540. The molecule has 0 aliphatic rings. The van der Waals surface area contributed by atoms with Crippen molar-refractivity contribution in [2.75, 3.05) is 12.4 Å². The molecule has 0 fully saturated rings. The highest BCUT2D eigenvalue weighted by molar-refractivity contribution is 6.11. The van der Waals surface area contributed by atoms with Crippen molar-refractivity contribution in [3.8, 4) is 5.69 Å². The summed E-state index contributed by atoms with van der Waals surface area (Å²) in [7, 11) is 1.28. The minimum Gasteiger partial charge on any atom is -0.465 e. The standard InChI is InChI=1S/C22H18N4O3/c1-14-19-12-15(13-23-20(19)26(25-14)16-8-4-3-5-9-16)24-21(27)17-10-6-7-11-18(17)22(28)29-2/h3-13H,1-2H3,(H,24,27). The number of ether oxygens (including phenoxy) is 1. The monoisotopic (exact) mass is 386 g/mol. The number of carbonyl (C=O) groups is 2. The zero-order valence-electron chi connectivity index (χ0n) is 15.9. The zero-order valence-corrected chi connectivity index (χ0v) is 15.9. The van der Waals surface area contributed by atoms with Crippen LogP contribution in [0.4, 0.5) is 5.69 Å². The number of aryl methyl sites for hydroxylation is 1. The normalized spacial score (nSPS) is 10.7. The average Bonchev–Trinajstić information content (AvgIpc) is 3.09. The van der Waals surface area contributed by atoms with Crippen molar-refractivity contribution in [3.05, 3.63) is 83.7 Å². The highest BCUT2D eigenvalue weighted by Gasteiger charge is 2.18. The lowest BCUT2D eigenvalue weighted by Gasteiger charge is -2.09. The number of hydrogen-bond acceptors (Lipinski definition) is 5. The molecule has 4 rings (SSSR count). The van der Waals surface area contributed by atoms with Crippen LogP contribution < -0.4 is 5.32 Å². The summed E-state index contributed by atoms with van der Waals surface area (Å²) in [5.41, 5.74) is 3.34. The van der Waals surface area contributed by atoms with Crippen LogP contribution in [0.15, 0.2) is 66.9 Å². The predicted molar refractivity (Wildman–Crippen MR) is 109 cm³/mol. The molecule has 2 aromatic carbocycles. The van der Waals surface area contributed by atoms with Gasteiger partial charge in [0.15, 0.2) is 5.65 Å². The fraction of sp³-hybridized carbons (Fsp3) is 0.0909. The Morgan fingerprint density at radius 2 is 1.69 bits per heavy atom. The molecule has 2 heterocycles. The molecule has 0 aliphatic carbocycles. The largest absolute Gasteiger partial charge is 0.465 e. The van der Waals surface area contributed by atoms with Crippen molar-refractivity contribution in [2.45, 2.75) is 6.92 Å². The molecule has 0 aliphatic heterocycles. The molecule has 7 heteroatoms. The SMILES string of the molecule is COC(=O)c1ccccc1C(=O)Nc1cnc2c(c1)c(C)nn2-c1ccccc1. The second kappa shape index (κ2) is 7.55. The van der Waals surface area contributed by atoms with Gasteiger partial charge in [-0.15, -0.1) is 0 Å². The Bertz CT molecular complexity index is 1220. The van der Waals surface area contributed by atoms with Crippen LogP contribution in [0.2, 0.25) is 0 Å². The first-order chi connectivity index (χ1) is 14.1. The Morgan fingerprint density at radius 3 is 2.41 bits per heavy atom. The van der Waals surface area contributed by atoms with Crippen LogP contribution in [-0.4, -0.2) is 33.8 Å². The Hall–Kier alpha value is -4.00. The van der Waals surface area contributed by atoms with E-state index in [9.17, 15) is 9.59 Å². The van der Waals surface area contributed by atoms with E-state index in [1.54, 1.807) is 35.1 Å². The summed E-state index contributed by atoms with van der Waals surface area (Å²) in [4.78, 5) is 29.2. The van der Waals surface area contributed by atoms with Gasteiger partial charge in [0.2, 0.25) is 0 Å². The number of esters is 1. The van der Waals surface area contributed by atoms with Gasteiger partial charge in [-0.25, -0.2) is 14.5 Å². The fourth-order valence-electron chi connectivity index (χ4n) is 3.13. The van der Waals surface area contributed by atoms with Crippen LogP contribution in [0, 0.1) is 6.92 Å². The smallest absolute Gasteiger partial charge is 0.338 e. The van der Waals surface area contributed by atoms with Crippen LogP contribution in [0.5, 0.6) is 0 Å². The molecule has 4 aromatic rings. The lowest BCUT2D eigenvalue weighted by molar-refractivity contribution is 0.0597. The summed E-state index contributed by atoms with van der Waals surface area (Å²) in [6, 6.07) is 18.0. The van der Waals surface area contributed by atoms with Gasteiger partial charge in [0, 0.05) is 5.39 Å². The van der Waals surface area contributed by atoms with Crippen molar-refractivity contribution in [1.82, 2.24) is 14.8 Å². The number of fused-ring (bicyclic) bond motifs is 1. The van der Waals surface area contributed by atoms with E-state index in [-0.39, 0.29) is 11.1 Å². The zero-order chi connectivity index (χ0) is 20.4. The molecule has 0 unspecified atom stereocenters. The minimum atomic E-state index is -0.565. The molecule has 2 aromatic heterocycles. The Balaban J connectivity index is 1.67. The van der Waals surface area contributed by atoms with E-state index in [2.05, 4.69) is 15.4 Å². The molecular formula is C22H18N4O3. The van der Waals surface area contributed by atoms with Gasteiger partial charge in [0.25, 0.3) is 5.91 Å². The van der Waals surface area contributed by atoms with Gasteiger partial charge in [-0.05, 0) is 37.3 Å². The maximum Gasteiger partial charge on any atom is 0.338 e. The number of aromatic nitrogens is 3. The number of para-hydroxylation sites is 1. The summed E-state index contributed by atoms with van der Waals surface area (Å²) >= 11 is 0. The van der Waals surface area contributed by atoms with Crippen molar-refractivity contribution < 1.29 is 14.3 Å². The number of amides is 1. The summed E-state index contributed by atoms with van der Waals surface area (Å²) in [6.45, 7) is 1.89. The van der Waals surface area contributed by atoms with E-state index in [4.69, 9.17) is 4.74 Å². The lowest BCUT2D eigenvalue weighted by Crippen LogP contribution is -2.17. The molecule has 1 amide bonds. The molecule has 0 radical (unpaired) electrons. The average molecular weight is 386 g/mol. The van der Waals surface area contributed by atoms with E-state index in [0.29, 0.717) is 11.3 Å². The topological polar surface area (TPSA) is 86.1 Å². The number of nitrogens with zero attached hydrogens (tertiary/aromatic N) is 3. The van der Waals surface area contributed by atoms with E-state index >= 15 is 0 Å². The van der Waals surface area contributed by atoms with E-state index in [1.165, 1.54) is 7.11 Å². The third-order valence-corrected chi connectivity index (χ3v) is 4.54. The first kappa shape index (κ1) is 18.4. The van der Waals surface area contributed by atoms with Gasteiger partial charge in [-0.2, -0.15) is 5.10 Å². The maximum absolute atomic E-state index is 12.7. The van der Waals surface area contributed by atoms with Gasteiger partial charge in [0.1, 0.15) is 0 Å². The van der Waals surface area contributed by atoms with Gasteiger partial charge >= 0.3 is 5.97 Å². The molecule has 0 bridgehead atoms. The van der Waals surface area contributed by atoms with Crippen LogP contribution >= 0.6 is 0 Å². The lowest BCUT2D eigenvalue weighted by atomic mass is 10.1. The summed E-state index contributed by atoms with van der Waals surface area (Å²) in [5.74, 6) is -0.982. The van der Waals surface area contributed by atoms with E-state index < -0.39 is 11.9 Å². The third-order valence-electron chi connectivity index (χ3n) is 4.54. The molecule has 7 nitrogen and oxygen atoms in total. The maximum atomic E-state index is 12.7. The number of rotatable bonds is 4. The number of benzene rings is 2. The number of pyridine rings is 1. The number of nitrogens with one attached hydrogen (secondary N) is 1. The second-order valence-corrected chi connectivity index (χ2v) is 6.42. The Labute approximate surface area is 167 Å². The van der Waals surface area contributed by atoms with Gasteiger partial charge in [0.05, 0.1) is 41.5 Å². The predicted octanol–water partition coefficient (Wildman–Crippen LogP) is 3.77.